The molecule has 3 aliphatic heterocycles. The number of hydrogen-bond donors (Lipinski definition) is 0. The van der Waals surface area contributed by atoms with Crippen LogP contribution in [0, 0.1) is 0 Å². The summed E-state index contributed by atoms with van der Waals surface area (Å²) >= 11 is 1.39. The van der Waals surface area contributed by atoms with Crippen LogP contribution in [0.3, 0.4) is 0 Å². The van der Waals surface area contributed by atoms with Crippen LogP contribution in [0.5, 0.6) is 11.5 Å². The topological polar surface area (TPSA) is 77.0 Å². The monoisotopic (exact) mass is 416 g/mol. The van der Waals surface area contributed by atoms with Gasteiger partial charge in [-0.15, -0.1) is 11.3 Å². The lowest BCUT2D eigenvalue weighted by atomic mass is 9.83. The van der Waals surface area contributed by atoms with E-state index in [9.17, 15) is 4.79 Å². The van der Waals surface area contributed by atoms with Gasteiger partial charge in [0.05, 0.1) is 12.3 Å². The van der Waals surface area contributed by atoms with Gasteiger partial charge in [-0.25, -0.2) is 9.97 Å². The van der Waals surface area contributed by atoms with Gasteiger partial charge in [0.25, 0.3) is 5.91 Å². The maximum Gasteiger partial charge on any atom is 0.267 e. The fourth-order valence-electron chi connectivity index (χ4n) is 4.22. The number of carbonyl (C=O) groups is 1. The molecule has 0 unspecified atom stereocenters. The zero-order valence-electron chi connectivity index (χ0n) is 16.6. The highest BCUT2D eigenvalue weighted by molar-refractivity contribution is 7.12. The Hall–Kier alpha value is -2.39. The number of anilines is 1. The number of ether oxygens (including phenoxy) is 3. The molecule has 1 spiro atoms. The van der Waals surface area contributed by atoms with E-state index in [-0.39, 0.29) is 5.91 Å². The van der Waals surface area contributed by atoms with E-state index in [4.69, 9.17) is 19.2 Å². The van der Waals surface area contributed by atoms with Gasteiger partial charge in [0.2, 0.25) is 5.95 Å². The average molecular weight is 417 g/mol. The molecule has 3 aliphatic rings. The Kier molecular flexibility index (Phi) is 4.59. The third kappa shape index (κ3) is 3.12. The van der Waals surface area contributed by atoms with Crippen LogP contribution >= 0.6 is 11.3 Å². The molecule has 1 saturated heterocycles. The Balaban J connectivity index is 1.36. The van der Waals surface area contributed by atoms with Crippen LogP contribution in [-0.2, 0) is 16.8 Å². The molecule has 0 saturated carbocycles. The molecule has 5 heterocycles. The fourth-order valence-corrected chi connectivity index (χ4v) is 5.12. The molecule has 0 radical (unpaired) electrons. The first-order valence-electron chi connectivity index (χ1n) is 9.91. The molecule has 0 bridgehead atoms. The molecule has 1 amide bonds. The van der Waals surface area contributed by atoms with Gasteiger partial charge in [0.15, 0.2) is 11.5 Å². The van der Waals surface area contributed by atoms with Gasteiger partial charge < -0.3 is 24.0 Å². The van der Waals surface area contributed by atoms with E-state index >= 15 is 0 Å². The molecule has 8 nitrogen and oxygen atoms in total. The van der Waals surface area contributed by atoms with E-state index in [1.807, 2.05) is 35.5 Å². The predicted octanol–water partition coefficient (Wildman–Crippen LogP) is 2.08. The van der Waals surface area contributed by atoms with Gasteiger partial charge in [-0.05, 0) is 24.8 Å². The SMILES string of the molecule is CN(C)c1ncc2c(n1)C1(CCN(C(=O)c3scc4c3OCCO4)CC1)OCC2. The minimum absolute atomic E-state index is 0.00398. The lowest BCUT2D eigenvalue weighted by molar-refractivity contribution is -0.0966. The van der Waals surface area contributed by atoms with Crippen molar-refractivity contribution in [2.45, 2.75) is 24.9 Å². The summed E-state index contributed by atoms with van der Waals surface area (Å²) in [6, 6.07) is 0. The second-order valence-corrected chi connectivity index (χ2v) is 8.66. The first-order chi connectivity index (χ1) is 14.1. The number of amides is 1. The Labute approximate surface area is 173 Å². The summed E-state index contributed by atoms with van der Waals surface area (Å²) in [5, 5.41) is 1.85. The zero-order chi connectivity index (χ0) is 20.0. The lowest BCUT2D eigenvalue weighted by Gasteiger charge is -2.44. The maximum atomic E-state index is 13.1. The third-order valence-electron chi connectivity index (χ3n) is 5.79. The van der Waals surface area contributed by atoms with Crippen molar-refractivity contribution < 1.29 is 19.0 Å². The van der Waals surface area contributed by atoms with Crippen molar-refractivity contribution >= 4 is 23.2 Å². The van der Waals surface area contributed by atoms with Crippen molar-refractivity contribution in [1.29, 1.82) is 0 Å². The van der Waals surface area contributed by atoms with Gasteiger partial charge >= 0.3 is 0 Å². The van der Waals surface area contributed by atoms with Gasteiger partial charge in [-0.2, -0.15) is 0 Å². The third-order valence-corrected chi connectivity index (χ3v) is 6.71. The number of carbonyl (C=O) groups excluding carboxylic acids is 1. The van der Waals surface area contributed by atoms with Crippen molar-refractivity contribution in [3.05, 3.63) is 27.7 Å². The molecule has 0 aromatic carbocycles. The minimum atomic E-state index is -0.438. The van der Waals surface area contributed by atoms with Crippen LogP contribution in [0.2, 0.25) is 0 Å². The largest absolute Gasteiger partial charge is 0.485 e. The van der Waals surface area contributed by atoms with Crippen LogP contribution in [0.1, 0.15) is 33.8 Å². The predicted molar refractivity (Wildman–Crippen MR) is 108 cm³/mol. The van der Waals surface area contributed by atoms with Gasteiger partial charge in [-0.1, -0.05) is 0 Å². The van der Waals surface area contributed by atoms with Crippen molar-refractivity contribution in [2.24, 2.45) is 0 Å². The zero-order valence-corrected chi connectivity index (χ0v) is 17.5. The fraction of sp³-hybridized carbons (Fsp3) is 0.550. The number of nitrogens with zero attached hydrogens (tertiary/aromatic N) is 4. The molecule has 154 valence electrons. The first-order valence-corrected chi connectivity index (χ1v) is 10.8. The number of aromatic nitrogens is 2. The molecular weight excluding hydrogens is 392 g/mol. The summed E-state index contributed by atoms with van der Waals surface area (Å²) in [6.07, 6.45) is 4.20. The molecule has 0 aliphatic carbocycles. The molecule has 1 fully saturated rings. The van der Waals surface area contributed by atoms with Crippen LogP contribution in [0.4, 0.5) is 5.95 Å². The van der Waals surface area contributed by atoms with Gasteiger partial charge in [0, 0.05) is 38.8 Å². The smallest absolute Gasteiger partial charge is 0.267 e. The number of piperidine rings is 1. The summed E-state index contributed by atoms with van der Waals surface area (Å²) in [7, 11) is 3.87. The summed E-state index contributed by atoms with van der Waals surface area (Å²) in [5.41, 5.74) is 1.70. The normalized spacial score (nSPS) is 19.7. The molecule has 0 N–H and O–H groups in total. The van der Waals surface area contributed by atoms with E-state index in [2.05, 4.69) is 4.98 Å². The Morgan fingerprint density at radius 3 is 2.79 bits per heavy atom. The van der Waals surface area contributed by atoms with Crippen LogP contribution in [-0.4, -0.2) is 67.8 Å². The second-order valence-electron chi connectivity index (χ2n) is 7.78. The summed E-state index contributed by atoms with van der Waals surface area (Å²) in [4.78, 5) is 26.8. The van der Waals surface area contributed by atoms with E-state index in [1.54, 1.807) is 0 Å². The van der Waals surface area contributed by atoms with Crippen LogP contribution in [0.25, 0.3) is 0 Å². The number of hydrogen-bond acceptors (Lipinski definition) is 8. The van der Waals surface area contributed by atoms with Crippen LogP contribution in [0.15, 0.2) is 11.6 Å². The highest BCUT2D eigenvalue weighted by Crippen LogP contribution is 2.43. The van der Waals surface area contributed by atoms with Crippen LogP contribution < -0.4 is 14.4 Å². The highest BCUT2D eigenvalue weighted by atomic mass is 32.1. The van der Waals surface area contributed by atoms with E-state index in [0.29, 0.717) is 55.2 Å². The molecule has 2 aromatic heterocycles. The van der Waals surface area contributed by atoms with E-state index < -0.39 is 5.60 Å². The van der Waals surface area contributed by atoms with Crippen molar-refractivity contribution in [2.75, 3.05) is 51.9 Å². The lowest BCUT2D eigenvalue weighted by Crippen LogP contribution is -2.49. The maximum absolute atomic E-state index is 13.1. The average Bonchev–Trinajstić information content (AvgIpc) is 3.18. The quantitative estimate of drug-likeness (QED) is 0.742. The van der Waals surface area contributed by atoms with Crippen molar-refractivity contribution in [3.63, 3.8) is 0 Å². The van der Waals surface area contributed by atoms with E-state index in [1.165, 1.54) is 11.3 Å². The summed E-state index contributed by atoms with van der Waals surface area (Å²) in [5.74, 6) is 1.96. The molecular formula is C20H24N4O4S. The summed E-state index contributed by atoms with van der Waals surface area (Å²) in [6.45, 7) is 2.90. The Morgan fingerprint density at radius 1 is 1.21 bits per heavy atom. The Morgan fingerprint density at radius 2 is 2.00 bits per heavy atom. The standard InChI is InChI=1S/C20H24N4O4S/c1-23(2)19-21-11-13-3-8-28-20(17(13)22-19)4-6-24(7-5-20)18(25)16-15-14(12-29-16)26-9-10-27-15/h11-12H,3-10H2,1-2H3. The van der Waals surface area contributed by atoms with Gasteiger partial charge in [0.1, 0.15) is 23.7 Å². The second kappa shape index (κ2) is 7.14. The molecule has 0 atom stereocenters. The Bertz CT molecular complexity index is 937. The number of rotatable bonds is 2. The minimum Gasteiger partial charge on any atom is -0.485 e. The van der Waals surface area contributed by atoms with E-state index in [0.717, 1.165) is 30.5 Å². The van der Waals surface area contributed by atoms with Crippen molar-refractivity contribution in [1.82, 2.24) is 14.9 Å². The van der Waals surface area contributed by atoms with Crippen molar-refractivity contribution in [3.8, 4) is 11.5 Å². The number of likely N-dealkylation sites (tertiary alicyclic amines) is 1. The molecule has 5 rings (SSSR count). The summed E-state index contributed by atoms with van der Waals surface area (Å²) < 4.78 is 17.6. The molecule has 2 aromatic rings. The first kappa shape index (κ1) is 18.6. The molecule has 29 heavy (non-hydrogen) atoms. The number of fused-ring (bicyclic) bond motifs is 3. The molecule has 9 heteroatoms. The highest BCUT2D eigenvalue weighted by Gasteiger charge is 2.44. The number of thiophene rings is 1. The van der Waals surface area contributed by atoms with Gasteiger partial charge in [-0.3, -0.25) is 4.79 Å².